The second-order valence-electron chi connectivity index (χ2n) is 5.01. The Labute approximate surface area is 122 Å². The molecule has 0 saturated carbocycles. The van der Waals surface area contributed by atoms with Crippen LogP contribution in [-0.4, -0.2) is 22.9 Å². The van der Waals surface area contributed by atoms with Crippen LogP contribution in [0.2, 0.25) is 0 Å². The lowest BCUT2D eigenvalue weighted by Gasteiger charge is -2.04. The topological polar surface area (TPSA) is 58.9 Å². The van der Waals surface area contributed by atoms with Crippen LogP contribution in [0.3, 0.4) is 0 Å². The van der Waals surface area contributed by atoms with Crippen molar-refractivity contribution < 1.29 is 14.7 Å². The minimum absolute atomic E-state index is 0.0188. The van der Waals surface area contributed by atoms with Gasteiger partial charge in [0.15, 0.2) is 0 Å². The smallest absolute Gasteiger partial charge is 0.307 e. The van der Waals surface area contributed by atoms with Crippen molar-refractivity contribution in [3.63, 3.8) is 0 Å². The standard InChI is InChI=1S/C17H15NO3/c19-17(20)11-15-10-16(18-21-15)14-8-6-13(7-9-14)12-4-2-1-3-5-12/h1-9,15H,10-11H2,(H,19,20). The molecule has 0 aliphatic carbocycles. The second kappa shape index (κ2) is 5.79. The van der Waals surface area contributed by atoms with Crippen molar-refractivity contribution in [2.75, 3.05) is 0 Å². The second-order valence-corrected chi connectivity index (χ2v) is 5.01. The molecule has 0 fully saturated rings. The quantitative estimate of drug-likeness (QED) is 0.935. The molecule has 1 N–H and O–H groups in total. The van der Waals surface area contributed by atoms with Crippen molar-refractivity contribution in [3.8, 4) is 11.1 Å². The predicted octanol–water partition coefficient (Wildman–Crippen LogP) is 3.32. The van der Waals surface area contributed by atoms with Gasteiger partial charge in [0.25, 0.3) is 0 Å². The summed E-state index contributed by atoms with van der Waals surface area (Å²) in [5.41, 5.74) is 4.08. The predicted molar refractivity (Wildman–Crippen MR) is 80.2 cm³/mol. The molecular weight excluding hydrogens is 266 g/mol. The van der Waals surface area contributed by atoms with Crippen LogP contribution in [0.4, 0.5) is 0 Å². The molecule has 106 valence electrons. The molecule has 1 heterocycles. The summed E-state index contributed by atoms with van der Waals surface area (Å²) in [5.74, 6) is -0.865. The average molecular weight is 281 g/mol. The zero-order valence-corrected chi connectivity index (χ0v) is 11.4. The van der Waals surface area contributed by atoms with Crippen LogP contribution in [0, 0.1) is 0 Å². The number of nitrogens with zero attached hydrogens (tertiary/aromatic N) is 1. The summed E-state index contributed by atoms with van der Waals surface area (Å²) >= 11 is 0. The van der Waals surface area contributed by atoms with Crippen LogP contribution in [0.5, 0.6) is 0 Å². The maximum atomic E-state index is 10.7. The summed E-state index contributed by atoms with van der Waals surface area (Å²) in [7, 11) is 0. The van der Waals surface area contributed by atoms with Gasteiger partial charge in [0, 0.05) is 6.42 Å². The summed E-state index contributed by atoms with van der Waals surface area (Å²) < 4.78 is 0. The van der Waals surface area contributed by atoms with Crippen LogP contribution in [0.15, 0.2) is 59.8 Å². The fourth-order valence-corrected chi connectivity index (χ4v) is 2.39. The molecule has 1 unspecified atom stereocenters. The number of oxime groups is 1. The first-order valence-corrected chi connectivity index (χ1v) is 6.83. The summed E-state index contributed by atoms with van der Waals surface area (Å²) in [6.07, 6.45) is 0.165. The highest BCUT2D eigenvalue weighted by molar-refractivity contribution is 6.01. The number of aliphatic carboxylic acids is 1. The van der Waals surface area contributed by atoms with Gasteiger partial charge in [-0.1, -0.05) is 59.8 Å². The lowest BCUT2D eigenvalue weighted by atomic mass is 9.99. The van der Waals surface area contributed by atoms with E-state index in [-0.39, 0.29) is 12.5 Å². The first kappa shape index (κ1) is 13.4. The maximum absolute atomic E-state index is 10.7. The molecule has 2 aromatic carbocycles. The highest BCUT2D eigenvalue weighted by Gasteiger charge is 2.24. The molecule has 0 bridgehead atoms. The average Bonchev–Trinajstić information content (AvgIpc) is 2.96. The Bertz CT molecular complexity index is 662. The SMILES string of the molecule is O=C(O)CC1CC(c2ccc(-c3ccccc3)cc2)=NO1. The van der Waals surface area contributed by atoms with Crippen LogP contribution < -0.4 is 0 Å². The number of hydrogen-bond donors (Lipinski definition) is 1. The van der Waals surface area contributed by atoms with E-state index in [2.05, 4.69) is 17.3 Å². The van der Waals surface area contributed by atoms with Gasteiger partial charge in [0.05, 0.1) is 12.1 Å². The number of hydrogen-bond acceptors (Lipinski definition) is 3. The van der Waals surface area contributed by atoms with E-state index < -0.39 is 5.97 Å². The zero-order valence-electron chi connectivity index (χ0n) is 11.4. The number of carbonyl (C=O) groups is 1. The Kier molecular flexibility index (Phi) is 3.69. The van der Waals surface area contributed by atoms with Crippen molar-refractivity contribution in [2.45, 2.75) is 18.9 Å². The van der Waals surface area contributed by atoms with Crippen molar-refractivity contribution in [1.29, 1.82) is 0 Å². The molecule has 1 atom stereocenters. The van der Waals surface area contributed by atoms with Crippen molar-refractivity contribution in [2.24, 2.45) is 5.16 Å². The highest BCUT2D eigenvalue weighted by atomic mass is 16.6. The Balaban J connectivity index is 1.72. The van der Waals surface area contributed by atoms with Gasteiger partial charge in [-0.3, -0.25) is 4.79 Å². The van der Waals surface area contributed by atoms with Gasteiger partial charge in [-0.2, -0.15) is 0 Å². The molecule has 4 heteroatoms. The Hall–Kier alpha value is -2.62. The van der Waals surface area contributed by atoms with E-state index >= 15 is 0 Å². The van der Waals surface area contributed by atoms with E-state index in [4.69, 9.17) is 9.94 Å². The molecule has 21 heavy (non-hydrogen) atoms. The van der Waals surface area contributed by atoms with Crippen LogP contribution in [0.25, 0.3) is 11.1 Å². The molecule has 3 rings (SSSR count). The summed E-state index contributed by atoms with van der Waals surface area (Å²) in [4.78, 5) is 15.8. The largest absolute Gasteiger partial charge is 0.481 e. The molecular formula is C17H15NO3. The van der Waals surface area contributed by atoms with Gasteiger partial charge < -0.3 is 9.94 Å². The number of benzene rings is 2. The van der Waals surface area contributed by atoms with Crippen LogP contribution in [-0.2, 0) is 9.63 Å². The van der Waals surface area contributed by atoms with Gasteiger partial charge in [-0.15, -0.1) is 0 Å². The first-order valence-electron chi connectivity index (χ1n) is 6.83. The molecule has 0 aromatic heterocycles. The molecule has 2 aromatic rings. The molecule has 0 spiro atoms. The number of rotatable bonds is 4. The summed E-state index contributed by atoms with van der Waals surface area (Å²) in [6, 6.07) is 18.2. The van der Waals surface area contributed by atoms with Gasteiger partial charge in [-0.25, -0.2) is 0 Å². The molecule has 1 aliphatic heterocycles. The molecule has 1 aliphatic rings. The van der Waals surface area contributed by atoms with Gasteiger partial charge in [-0.05, 0) is 16.7 Å². The third-order valence-electron chi connectivity index (χ3n) is 3.46. The van der Waals surface area contributed by atoms with Crippen molar-refractivity contribution >= 4 is 11.7 Å². The van der Waals surface area contributed by atoms with E-state index in [9.17, 15) is 4.79 Å². The third-order valence-corrected chi connectivity index (χ3v) is 3.46. The Morgan fingerprint density at radius 2 is 1.67 bits per heavy atom. The molecule has 4 nitrogen and oxygen atoms in total. The fourth-order valence-electron chi connectivity index (χ4n) is 2.39. The third kappa shape index (κ3) is 3.11. The van der Waals surface area contributed by atoms with Crippen molar-refractivity contribution in [3.05, 3.63) is 60.2 Å². The Morgan fingerprint density at radius 3 is 2.33 bits per heavy atom. The molecule has 0 amide bonds. The van der Waals surface area contributed by atoms with E-state index in [1.807, 2.05) is 42.5 Å². The van der Waals surface area contributed by atoms with E-state index in [1.54, 1.807) is 0 Å². The lowest BCUT2D eigenvalue weighted by molar-refractivity contribution is -0.139. The summed E-state index contributed by atoms with van der Waals surface area (Å²) in [6.45, 7) is 0. The number of carboxylic acids is 1. The van der Waals surface area contributed by atoms with Crippen molar-refractivity contribution in [1.82, 2.24) is 0 Å². The Morgan fingerprint density at radius 1 is 1.05 bits per heavy atom. The monoisotopic (exact) mass is 281 g/mol. The van der Waals surface area contributed by atoms with E-state index in [0.717, 1.165) is 22.4 Å². The zero-order chi connectivity index (χ0) is 14.7. The van der Waals surface area contributed by atoms with E-state index in [1.165, 1.54) is 0 Å². The normalized spacial score (nSPS) is 17.1. The maximum Gasteiger partial charge on any atom is 0.307 e. The van der Waals surface area contributed by atoms with E-state index in [0.29, 0.717) is 6.42 Å². The van der Waals surface area contributed by atoms with Gasteiger partial charge >= 0.3 is 5.97 Å². The first-order chi connectivity index (χ1) is 10.2. The molecule has 0 radical (unpaired) electrons. The van der Waals surface area contributed by atoms with Gasteiger partial charge in [0.1, 0.15) is 6.10 Å². The lowest BCUT2D eigenvalue weighted by Crippen LogP contribution is -2.13. The highest BCUT2D eigenvalue weighted by Crippen LogP contribution is 2.23. The summed E-state index contributed by atoms with van der Waals surface area (Å²) in [5, 5.41) is 12.8. The molecule has 0 saturated heterocycles. The number of carboxylic acid groups (broad SMARTS) is 1. The minimum atomic E-state index is -0.865. The fraction of sp³-hybridized carbons (Fsp3) is 0.176. The van der Waals surface area contributed by atoms with Crippen LogP contribution >= 0.6 is 0 Å². The van der Waals surface area contributed by atoms with Crippen LogP contribution in [0.1, 0.15) is 18.4 Å². The minimum Gasteiger partial charge on any atom is -0.481 e. The van der Waals surface area contributed by atoms with Gasteiger partial charge in [0.2, 0.25) is 0 Å².